The van der Waals surface area contributed by atoms with Gasteiger partial charge >= 0.3 is 0 Å². The van der Waals surface area contributed by atoms with E-state index in [0.717, 1.165) is 24.8 Å². The Morgan fingerprint density at radius 2 is 1.53 bits per heavy atom. The van der Waals surface area contributed by atoms with E-state index >= 15 is 0 Å². The van der Waals surface area contributed by atoms with Crippen molar-refractivity contribution in [3.63, 3.8) is 0 Å². The third-order valence-electron chi connectivity index (χ3n) is 12.3. The van der Waals surface area contributed by atoms with Gasteiger partial charge in [0.25, 0.3) is 0 Å². The van der Waals surface area contributed by atoms with Crippen LogP contribution in [0.15, 0.2) is 30.3 Å². The van der Waals surface area contributed by atoms with Crippen molar-refractivity contribution < 1.29 is 29.0 Å². The molecule has 1 aliphatic heterocycles. The summed E-state index contributed by atoms with van der Waals surface area (Å²) in [6.07, 6.45) is 1.30. The van der Waals surface area contributed by atoms with E-state index in [0.29, 0.717) is 6.54 Å². The summed E-state index contributed by atoms with van der Waals surface area (Å²) in [4.78, 5) is 61.5. The Morgan fingerprint density at radius 3 is 2.04 bits per heavy atom. The summed E-state index contributed by atoms with van der Waals surface area (Å²) in [5.41, 5.74) is 0.742. The Bertz CT molecular complexity index is 1300. The van der Waals surface area contributed by atoms with E-state index in [1.807, 2.05) is 70.0 Å². The molecular weight excluding hydrogens is 668 g/mol. The van der Waals surface area contributed by atoms with Crippen LogP contribution in [-0.2, 0) is 23.9 Å². The number of amides is 3. The summed E-state index contributed by atoms with van der Waals surface area (Å²) in [5, 5.41) is 13.8. The smallest absolute Gasteiger partial charge is 0.226 e. The summed E-state index contributed by atoms with van der Waals surface area (Å²) >= 11 is 0. The van der Waals surface area contributed by atoms with Gasteiger partial charge in [0.1, 0.15) is 0 Å². The minimum atomic E-state index is -0.832. The molecule has 10 heteroatoms. The molecule has 2 rings (SSSR count). The minimum Gasteiger partial charge on any atom is -0.386 e. The summed E-state index contributed by atoms with van der Waals surface area (Å²) in [5.74, 6) is -1.14. The number of aliphatic hydroxyl groups excluding tert-OH is 1. The molecule has 1 aliphatic rings. The van der Waals surface area contributed by atoms with Gasteiger partial charge < -0.3 is 25.0 Å². The van der Waals surface area contributed by atoms with Crippen molar-refractivity contribution in [2.45, 2.75) is 151 Å². The molecule has 0 bridgehead atoms. The van der Waals surface area contributed by atoms with Gasteiger partial charge in [0.05, 0.1) is 36.8 Å². The van der Waals surface area contributed by atoms with Crippen LogP contribution in [0.4, 0.5) is 0 Å². The predicted octanol–water partition coefficient (Wildman–Crippen LogP) is 6.36. The second-order valence-corrected chi connectivity index (χ2v) is 16.9. The van der Waals surface area contributed by atoms with Crippen molar-refractivity contribution in [2.75, 3.05) is 27.7 Å². The lowest BCUT2D eigenvalue weighted by molar-refractivity contribution is -0.148. The number of nitrogens with one attached hydrogen (secondary N) is 1. The Morgan fingerprint density at radius 1 is 0.925 bits per heavy atom. The zero-order valence-electron chi connectivity index (χ0n) is 35.5. The molecule has 2 N–H and O–H groups in total. The molecule has 0 saturated carbocycles. The Balaban J connectivity index is 2.23. The molecule has 10 nitrogen and oxygen atoms in total. The van der Waals surface area contributed by atoms with Crippen molar-refractivity contribution in [2.24, 2.45) is 35.5 Å². The first-order valence-electron chi connectivity index (χ1n) is 20.2. The van der Waals surface area contributed by atoms with Crippen LogP contribution in [-0.4, -0.2) is 107 Å². The summed E-state index contributed by atoms with van der Waals surface area (Å²) in [7, 11) is 5.38. The van der Waals surface area contributed by atoms with Crippen LogP contribution >= 0.6 is 0 Å². The number of likely N-dealkylation sites (N-methyl/N-ethyl adjacent to an activating group) is 2. The fourth-order valence-corrected chi connectivity index (χ4v) is 8.21. The number of carbonyl (C=O) groups is 4. The SMILES string of the molecule is CC[C@H](C)[C@@H]([C@@H](CC(=O)N1CCC[C@H]1[C@H](C)[C@@H](C)C(=O)N[C@H](C)[C@@H](O)c1ccccc1)OC)N(C)C(=O)[C@@H](CC(=O)[C@H](C(C)C)N(C)C(C)C)C(C)C. The highest BCUT2D eigenvalue weighted by atomic mass is 16.5. The molecule has 302 valence electrons. The number of Topliss-reactive ketones (excluding diaryl/α,β-unsaturated/α-hetero) is 1. The number of likely N-dealkylation sites (tertiary alicyclic amines) is 1. The standard InChI is InChI=1S/C43H74N4O6/c1-15-29(8)40(46(13)43(52)34(26(2)3)24-36(48)39(27(4)5)45(12)28(6)7)37(53-14)25-38(49)47-23-19-22-35(47)30(9)31(10)42(51)44-32(11)41(50)33-20-17-16-18-21-33/h16-18,20-21,26-32,34-35,37,39-41,50H,15,19,22-25H2,1-14H3,(H,44,51)/t29-,30+,31+,32+,34-,35-,37+,39-,40-,41+/m0/s1. The highest BCUT2D eigenvalue weighted by molar-refractivity contribution is 5.90. The van der Waals surface area contributed by atoms with Gasteiger partial charge in [-0.05, 0) is 69.9 Å². The summed E-state index contributed by atoms with van der Waals surface area (Å²) in [6, 6.07) is 8.23. The van der Waals surface area contributed by atoms with Crippen molar-refractivity contribution in [1.82, 2.24) is 20.0 Å². The van der Waals surface area contributed by atoms with Crippen LogP contribution in [0.2, 0.25) is 0 Å². The van der Waals surface area contributed by atoms with Gasteiger partial charge in [-0.25, -0.2) is 0 Å². The van der Waals surface area contributed by atoms with E-state index in [-0.39, 0.29) is 90.1 Å². The van der Waals surface area contributed by atoms with E-state index in [9.17, 15) is 24.3 Å². The number of benzene rings is 1. The largest absolute Gasteiger partial charge is 0.386 e. The fraction of sp³-hybridized carbons (Fsp3) is 0.767. The first-order chi connectivity index (χ1) is 24.8. The van der Waals surface area contributed by atoms with E-state index in [2.05, 4.69) is 51.8 Å². The van der Waals surface area contributed by atoms with E-state index < -0.39 is 24.2 Å². The van der Waals surface area contributed by atoms with Crippen LogP contribution in [0.1, 0.15) is 120 Å². The van der Waals surface area contributed by atoms with E-state index in [1.54, 1.807) is 26.0 Å². The maximum atomic E-state index is 14.4. The monoisotopic (exact) mass is 743 g/mol. The lowest BCUT2D eigenvalue weighted by atomic mass is 9.83. The molecule has 1 fully saturated rings. The fourth-order valence-electron chi connectivity index (χ4n) is 8.21. The zero-order valence-corrected chi connectivity index (χ0v) is 35.5. The maximum Gasteiger partial charge on any atom is 0.226 e. The van der Waals surface area contributed by atoms with Crippen LogP contribution in [0.5, 0.6) is 0 Å². The average Bonchev–Trinajstić information content (AvgIpc) is 3.62. The predicted molar refractivity (Wildman–Crippen MR) is 213 cm³/mol. The number of nitrogens with zero attached hydrogens (tertiary/aromatic N) is 3. The molecule has 0 unspecified atom stereocenters. The zero-order chi connectivity index (χ0) is 40.3. The Labute approximate surface area is 321 Å². The quantitative estimate of drug-likeness (QED) is 0.151. The van der Waals surface area contributed by atoms with E-state index in [1.165, 1.54) is 0 Å². The molecule has 1 aromatic carbocycles. The maximum absolute atomic E-state index is 14.4. The van der Waals surface area contributed by atoms with Crippen molar-refractivity contribution in [3.05, 3.63) is 35.9 Å². The number of hydrogen-bond donors (Lipinski definition) is 2. The van der Waals surface area contributed by atoms with Crippen molar-refractivity contribution >= 4 is 23.5 Å². The van der Waals surface area contributed by atoms with Crippen LogP contribution in [0.3, 0.4) is 0 Å². The average molecular weight is 743 g/mol. The number of carbonyl (C=O) groups excluding carboxylic acids is 4. The molecule has 3 amide bonds. The molecule has 10 atom stereocenters. The lowest BCUT2D eigenvalue weighted by Gasteiger charge is -2.41. The summed E-state index contributed by atoms with van der Waals surface area (Å²) in [6.45, 7) is 22.7. The molecule has 0 spiro atoms. The molecule has 0 aromatic heterocycles. The minimum absolute atomic E-state index is 0.0333. The first kappa shape index (κ1) is 46.3. The van der Waals surface area contributed by atoms with Gasteiger partial charge in [-0.3, -0.25) is 24.1 Å². The van der Waals surface area contributed by atoms with Gasteiger partial charge in [0, 0.05) is 51.0 Å². The van der Waals surface area contributed by atoms with Gasteiger partial charge in [-0.15, -0.1) is 0 Å². The molecule has 0 aliphatic carbocycles. The molecule has 1 saturated heterocycles. The molecule has 1 aromatic rings. The second kappa shape index (κ2) is 21.3. The Kier molecular flexibility index (Phi) is 18.6. The topological polar surface area (TPSA) is 119 Å². The van der Waals surface area contributed by atoms with Crippen molar-refractivity contribution in [1.29, 1.82) is 0 Å². The number of methoxy groups -OCH3 is 1. The van der Waals surface area contributed by atoms with Crippen LogP contribution in [0, 0.1) is 35.5 Å². The number of hydrogen-bond acceptors (Lipinski definition) is 7. The van der Waals surface area contributed by atoms with Gasteiger partial charge in [-0.2, -0.15) is 0 Å². The van der Waals surface area contributed by atoms with Gasteiger partial charge in [-0.1, -0.05) is 92.1 Å². The molecule has 53 heavy (non-hydrogen) atoms. The molecule has 1 heterocycles. The third-order valence-corrected chi connectivity index (χ3v) is 12.3. The molecule has 0 radical (unpaired) electrons. The number of rotatable bonds is 21. The summed E-state index contributed by atoms with van der Waals surface area (Å²) < 4.78 is 6.07. The molecular formula is C43H74N4O6. The highest BCUT2D eigenvalue weighted by Gasteiger charge is 2.42. The lowest BCUT2D eigenvalue weighted by Crippen LogP contribution is -2.54. The van der Waals surface area contributed by atoms with E-state index in [4.69, 9.17) is 4.74 Å². The van der Waals surface area contributed by atoms with Gasteiger partial charge in [0.15, 0.2) is 5.78 Å². The van der Waals surface area contributed by atoms with Gasteiger partial charge in [0.2, 0.25) is 17.7 Å². The first-order valence-corrected chi connectivity index (χ1v) is 20.2. The Hall–Kier alpha value is -2.82. The normalized spacial score (nSPS) is 20.1. The third kappa shape index (κ3) is 12.1. The number of ketones is 1. The van der Waals surface area contributed by atoms with Crippen LogP contribution in [0.25, 0.3) is 0 Å². The highest BCUT2D eigenvalue weighted by Crippen LogP contribution is 2.32. The van der Waals surface area contributed by atoms with Crippen molar-refractivity contribution in [3.8, 4) is 0 Å². The number of ether oxygens (including phenoxy) is 1. The second-order valence-electron chi connectivity index (χ2n) is 16.9. The number of aliphatic hydroxyl groups is 1. The van der Waals surface area contributed by atoms with Crippen LogP contribution < -0.4 is 5.32 Å².